The minimum Gasteiger partial charge on any atom is -0.353 e. The molecule has 3 fully saturated rings. The van der Waals surface area contributed by atoms with Gasteiger partial charge in [0.05, 0.1) is 0 Å². The molecule has 1 heterocycles. The van der Waals surface area contributed by atoms with Gasteiger partial charge in [-0.05, 0) is 56.0 Å². The Balaban J connectivity index is 1.57. The molecular formula is C15H26N2O. The third-order valence-electron chi connectivity index (χ3n) is 5.68. The summed E-state index contributed by atoms with van der Waals surface area (Å²) < 4.78 is 0. The molecule has 0 radical (unpaired) electrons. The van der Waals surface area contributed by atoms with Crippen molar-refractivity contribution in [1.82, 2.24) is 10.6 Å². The van der Waals surface area contributed by atoms with Crippen molar-refractivity contribution < 1.29 is 4.79 Å². The molecule has 3 aliphatic rings. The second-order valence-electron chi connectivity index (χ2n) is 7.31. The summed E-state index contributed by atoms with van der Waals surface area (Å²) in [6.45, 7) is 6.77. The largest absolute Gasteiger partial charge is 0.353 e. The molecule has 3 nitrogen and oxygen atoms in total. The fraction of sp³-hybridized carbons (Fsp3) is 0.933. The zero-order valence-electron chi connectivity index (χ0n) is 11.7. The van der Waals surface area contributed by atoms with Crippen molar-refractivity contribution in [2.24, 2.45) is 16.7 Å². The number of hydrogen-bond donors (Lipinski definition) is 2. The lowest BCUT2D eigenvalue weighted by Crippen LogP contribution is -2.43. The van der Waals surface area contributed by atoms with E-state index in [-0.39, 0.29) is 0 Å². The van der Waals surface area contributed by atoms with Crippen molar-refractivity contribution in [3.63, 3.8) is 0 Å². The molecule has 1 aliphatic heterocycles. The number of hydrogen-bond acceptors (Lipinski definition) is 2. The van der Waals surface area contributed by atoms with Gasteiger partial charge in [-0.25, -0.2) is 0 Å². The van der Waals surface area contributed by atoms with Crippen LogP contribution in [0.2, 0.25) is 0 Å². The molecule has 2 aliphatic carbocycles. The van der Waals surface area contributed by atoms with E-state index in [0.29, 0.717) is 28.7 Å². The summed E-state index contributed by atoms with van der Waals surface area (Å²) in [6, 6.07) is 0.407. The van der Waals surface area contributed by atoms with Gasteiger partial charge in [0.1, 0.15) is 0 Å². The number of piperidine rings is 1. The number of carbonyl (C=O) groups excluding carboxylic acids is 1. The predicted molar refractivity (Wildman–Crippen MR) is 72.2 cm³/mol. The normalized spacial score (nSPS) is 36.6. The van der Waals surface area contributed by atoms with Gasteiger partial charge in [0.15, 0.2) is 0 Å². The Morgan fingerprint density at radius 2 is 1.94 bits per heavy atom. The van der Waals surface area contributed by atoms with Crippen LogP contribution in [-0.4, -0.2) is 25.0 Å². The lowest BCUT2D eigenvalue weighted by Gasteiger charge is -2.29. The molecule has 102 valence electrons. The van der Waals surface area contributed by atoms with E-state index in [1.165, 1.54) is 32.1 Å². The van der Waals surface area contributed by atoms with Gasteiger partial charge in [-0.15, -0.1) is 0 Å². The monoisotopic (exact) mass is 250 g/mol. The van der Waals surface area contributed by atoms with Crippen LogP contribution in [-0.2, 0) is 4.79 Å². The summed E-state index contributed by atoms with van der Waals surface area (Å²) in [5.74, 6) is 0.660. The Labute approximate surface area is 110 Å². The second-order valence-corrected chi connectivity index (χ2v) is 7.31. The highest BCUT2D eigenvalue weighted by atomic mass is 16.2. The quantitative estimate of drug-likeness (QED) is 0.788. The first-order chi connectivity index (χ1) is 8.54. The van der Waals surface area contributed by atoms with Crippen LogP contribution in [0.25, 0.3) is 0 Å². The van der Waals surface area contributed by atoms with E-state index in [1.54, 1.807) is 0 Å². The minimum absolute atomic E-state index is 0.297. The first-order valence-electron chi connectivity index (χ1n) is 7.55. The third-order valence-corrected chi connectivity index (χ3v) is 5.68. The predicted octanol–water partition coefficient (Wildman–Crippen LogP) is 2.07. The van der Waals surface area contributed by atoms with Gasteiger partial charge in [0.2, 0.25) is 5.91 Å². The van der Waals surface area contributed by atoms with E-state index in [9.17, 15) is 4.79 Å². The highest BCUT2D eigenvalue weighted by Crippen LogP contribution is 2.58. The molecule has 2 unspecified atom stereocenters. The van der Waals surface area contributed by atoms with E-state index < -0.39 is 0 Å². The van der Waals surface area contributed by atoms with Crippen molar-refractivity contribution in [1.29, 1.82) is 0 Å². The summed E-state index contributed by atoms with van der Waals surface area (Å²) in [4.78, 5) is 12.4. The summed E-state index contributed by atoms with van der Waals surface area (Å²) >= 11 is 0. The molecule has 1 spiro atoms. The average Bonchev–Trinajstić information content (AvgIpc) is 2.91. The minimum atomic E-state index is 0.297. The molecule has 2 atom stereocenters. The van der Waals surface area contributed by atoms with E-state index >= 15 is 0 Å². The summed E-state index contributed by atoms with van der Waals surface area (Å²) in [6.07, 6.45) is 7.20. The van der Waals surface area contributed by atoms with E-state index in [2.05, 4.69) is 24.5 Å². The van der Waals surface area contributed by atoms with Crippen LogP contribution in [0.1, 0.15) is 52.4 Å². The highest BCUT2D eigenvalue weighted by molar-refractivity contribution is 5.83. The SMILES string of the molecule is CC1(C)CCCC1NC(=O)C1CC12CCNCC2. The van der Waals surface area contributed by atoms with Gasteiger partial charge in [-0.3, -0.25) is 4.79 Å². The molecule has 0 aromatic carbocycles. The van der Waals surface area contributed by atoms with Crippen molar-refractivity contribution in [2.75, 3.05) is 13.1 Å². The zero-order valence-corrected chi connectivity index (χ0v) is 11.7. The first-order valence-corrected chi connectivity index (χ1v) is 7.55. The summed E-state index contributed by atoms with van der Waals surface area (Å²) in [5.41, 5.74) is 0.671. The molecule has 2 N–H and O–H groups in total. The van der Waals surface area contributed by atoms with Crippen LogP contribution in [0.5, 0.6) is 0 Å². The molecule has 1 saturated heterocycles. The van der Waals surface area contributed by atoms with Gasteiger partial charge >= 0.3 is 0 Å². The Morgan fingerprint density at radius 3 is 2.56 bits per heavy atom. The van der Waals surface area contributed by atoms with Crippen LogP contribution in [0, 0.1) is 16.7 Å². The van der Waals surface area contributed by atoms with Gasteiger partial charge in [-0.2, -0.15) is 0 Å². The molecule has 18 heavy (non-hydrogen) atoms. The standard InChI is InChI=1S/C15H26N2O/c1-14(2)5-3-4-12(14)17-13(18)11-10-15(11)6-8-16-9-7-15/h11-12,16H,3-10H2,1-2H3,(H,17,18). The Morgan fingerprint density at radius 1 is 1.22 bits per heavy atom. The maximum absolute atomic E-state index is 12.4. The van der Waals surface area contributed by atoms with Crippen LogP contribution in [0.3, 0.4) is 0 Å². The van der Waals surface area contributed by atoms with Crippen molar-refractivity contribution >= 4 is 5.91 Å². The Hall–Kier alpha value is -0.570. The Kier molecular flexibility index (Phi) is 2.92. The number of nitrogens with one attached hydrogen (secondary N) is 2. The maximum atomic E-state index is 12.4. The van der Waals surface area contributed by atoms with Crippen LogP contribution >= 0.6 is 0 Å². The molecule has 2 saturated carbocycles. The molecule has 1 amide bonds. The smallest absolute Gasteiger partial charge is 0.223 e. The first kappa shape index (κ1) is 12.5. The second kappa shape index (κ2) is 4.22. The van der Waals surface area contributed by atoms with Crippen molar-refractivity contribution in [3.05, 3.63) is 0 Å². The van der Waals surface area contributed by atoms with Crippen LogP contribution in [0.15, 0.2) is 0 Å². The molecule has 3 rings (SSSR count). The fourth-order valence-corrected chi connectivity index (χ4v) is 4.06. The Bertz CT molecular complexity index is 344. The molecule has 0 aromatic heterocycles. The lowest BCUT2D eigenvalue weighted by atomic mass is 9.87. The van der Waals surface area contributed by atoms with Gasteiger partial charge in [-0.1, -0.05) is 20.3 Å². The number of carbonyl (C=O) groups is 1. The van der Waals surface area contributed by atoms with Gasteiger partial charge in [0.25, 0.3) is 0 Å². The maximum Gasteiger partial charge on any atom is 0.223 e. The number of amides is 1. The molecule has 0 aromatic rings. The molecule has 3 heteroatoms. The number of rotatable bonds is 2. The molecular weight excluding hydrogens is 224 g/mol. The van der Waals surface area contributed by atoms with Crippen molar-refractivity contribution in [2.45, 2.75) is 58.4 Å². The van der Waals surface area contributed by atoms with E-state index in [0.717, 1.165) is 19.5 Å². The topological polar surface area (TPSA) is 41.1 Å². The van der Waals surface area contributed by atoms with E-state index in [1.807, 2.05) is 0 Å². The van der Waals surface area contributed by atoms with Crippen LogP contribution in [0.4, 0.5) is 0 Å². The lowest BCUT2D eigenvalue weighted by molar-refractivity contribution is -0.124. The summed E-state index contributed by atoms with van der Waals surface area (Å²) in [5, 5.41) is 6.74. The van der Waals surface area contributed by atoms with Gasteiger partial charge < -0.3 is 10.6 Å². The van der Waals surface area contributed by atoms with E-state index in [4.69, 9.17) is 0 Å². The third kappa shape index (κ3) is 2.07. The van der Waals surface area contributed by atoms with Gasteiger partial charge in [0, 0.05) is 12.0 Å². The fourth-order valence-electron chi connectivity index (χ4n) is 4.06. The summed E-state index contributed by atoms with van der Waals surface area (Å²) in [7, 11) is 0. The van der Waals surface area contributed by atoms with Crippen LogP contribution < -0.4 is 10.6 Å². The highest BCUT2D eigenvalue weighted by Gasteiger charge is 2.58. The zero-order chi connectivity index (χ0) is 12.8. The van der Waals surface area contributed by atoms with Crippen molar-refractivity contribution in [3.8, 4) is 0 Å². The molecule has 0 bridgehead atoms. The average molecular weight is 250 g/mol.